The zero-order chi connectivity index (χ0) is 23.7. The minimum atomic E-state index is -0.657. The Morgan fingerprint density at radius 3 is 2.34 bits per heavy atom. The molecular formula is C30H48O2. The topological polar surface area (TPSA) is 37.3 Å². The molecule has 4 rings (SSSR count). The smallest absolute Gasteiger partial charge is 0.303 e. The number of carboxylic acid groups (broad SMARTS) is 1. The fourth-order valence-electron chi connectivity index (χ4n) is 9.42. The summed E-state index contributed by atoms with van der Waals surface area (Å²) in [6.07, 6.45) is 14.0. The number of aliphatic carboxylic acids is 1. The average Bonchev–Trinajstić information content (AvgIpc) is 2.68. The van der Waals surface area contributed by atoms with E-state index in [9.17, 15) is 9.90 Å². The van der Waals surface area contributed by atoms with Gasteiger partial charge in [0, 0.05) is 6.42 Å². The Morgan fingerprint density at radius 1 is 1.06 bits per heavy atom. The number of carboxylic acids is 1. The molecule has 0 amide bonds. The molecule has 0 aliphatic heterocycles. The van der Waals surface area contributed by atoms with Crippen LogP contribution in [0.15, 0.2) is 23.8 Å². The number of carbonyl (C=O) groups is 1. The van der Waals surface area contributed by atoms with Crippen LogP contribution in [0, 0.1) is 44.8 Å². The van der Waals surface area contributed by atoms with Gasteiger partial charge in [-0.3, -0.25) is 4.79 Å². The maximum Gasteiger partial charge on any atom is 0.303 e. The second-order valence-corrected chi connectivity index (χ2v) is 14.1. The molecule has 0 spiro atoms. The van der Waals surface area contributed by atoms with Gasteiger partial charge in [-0.05, 0) is 110 Å². The van der Waals surface area contributed by atoms with E-state index in [0.717, 1.165) is 19.3 Å². The Kier molecular flexibility index (Phi) is 5.63. The summed E-state index contributed by atoms with van der Waals surface area (Å²) in [6.45, 7) is 21.7. The van der Waals surface area contributed by atoms with Gasteiger partial charge < -0.3 is 5.11 Å². The lowest BCUT2D eigenvalue weighted by atomic mass is 9.35. The number of hydrogen-bond acceptors (Lipinski definition) is 1. The minimum absolute atomic E-state index is 0.00878. The highest BCUT2D eigenvalue weighted by Crippen LogP contribution is 2.74. The Morgan fingerprint density at radius 2 is 1.72 bits per heavy atom. The second kappa shape index (κ2) is 7.47. The van der Waals surface area contributed by atoms with Crippen LogP contribution in [0.25, 0.3) is 0 Å². The zero-order valence-electron chi connectivity index (χ0n) is 21.9. The molecular weight excluding hydrogens is 392 g/mol. The van der Waals surface area contributed by atoms with Crippen LogP contribution in [0.3, 0.4) is 0 Å². The molecule has 0 aromatic heterocycles. The fourth-order valence-corrected chi connectivity index (χ4v) is 9.42. The molecule has 2 nitrogen and oxygen atoms in total. The van der Waals surface area contributed by atoms with Crippen LogP contribution in [0.1, 0.15) is 113 Å². The van der Waals surface area contributed by atoms with Crippen LogP contribution in [0.5, 0.6) is 0 Å². The monoisotopic (exact) mass is 440 g/mol. The van der Waals surface area contributed by atoms with E-state index in [1.165, 1.54) is 44.1 Å². The molecule has 0 heterocycles. The SMILES string of the molecule is C=C(C)[C@@H]1CC[C@]2(C)[C@H](CC=C3[C@@H]4CC(C)(C)CC[C@]4(C)CC[C@]32C)[C@@]1(C)CCC(=O)O. The van der Waals surface area contributed by atoms with E-state index in [1.54, 1.807) is 5.57 Å². The van der Waals surface area contributed by atoms with Crippen molar-refractivity contribution in [3.05, 3.63) is 23.8 Å². The van der Waals surface area contributed by atoms with E-state index < -0.39 is 5.97 Å². The minimum Gasteiger partial charge on any atom is -0.481 e. The first-order valence-electron chi connectivity index (χ1n) is 13.3. The highest BCUT2D eigenvalue weighted by atomic mass is 16.4. The molecule has 3 saturated carbocycles. The van der Waals surface area contributed by atoms with Gasteiger partial charge in [0.1, 0.15) is 0 Å². The van der Waals surface area contributed by atoms with Crippen molar-refractivity contribution in [1.29, 1.82) is 0 Å². The lowest BCUT2D eigenvalue weighted by Crippen LogP contribution is -2.61. The van der Waals surface area contributed by atoms with Gasteiger partial charge in [0.25, 0.3) is 0 Å². The van der Waals surface area contributed by atoms with Gasteiger partial charge in [-0.15, -0.1) is 0 Å². The largest absolute Gasteiger partial charge is 0.481 e. The molecule has 0 aromatic rings. The Hall–Kier alpha value is -1.05. The molecule has 7 atom stereocenters. The van der Waals surface area contributed by atoms with Crippen LogP contribution in [-0.4, -0.2) is 11.1 Å². The van der Waals surface area contributed by atoms with Gasteiger partial charge in [0.05, 0.1) is 0 Å². The Bertz CT molecular complexity index is 836. The molecule has 32 heavy (non-hydrogen) atoms. The second-order valence-electron chi connectivity index (χ2n) is 14.1. The maximum absolute atomic E-state index is 11.6. The quantitative estimate of drug-likeness (QED) is 0.445. The van der Waals surface area contributed by atoms with Crippen molar-refractivity contribution >= 4 is 5.97 Å². The fraction of sp³-hybridized carbons (Fsp3) is 0.833. The third-order valence-electron chi connectivity index (χ3n) is 11.8. The number of allylic oxidation sites excluding steroid dienone is 3. The highest BCUT2D eigenvalue weighted by molar-refractivity contribution is 5.66. The van der Waals surface area contributed by atoms with Gasteiger partial charge in [0.15, 0.2) is 0 Å². The van der Waals surface area contributed by atoms with Crippen LogP contribution in [-0.2, 0) is 4.79 Å². The third kappa shape index (κ3) is 3.37. The normalized spacial score (nSPS) is 47.5. The summed E-state index contributed by atoms with van der Waals surface area (Å²) in [5.74, 6) is 1.02. The average molecular weight is 441 g/mol. The molecule has 0 unspecified atom stereocenters. The van der Waals surface area contributed by atoms with Gasteiger partial charge >= 0.3 is 5.97 Å². The van der Waals surface area contributed by atoms with E-state index in [1.807, 2.05) is 0 Å². The summed E-state index contributed by atoms with van der Waals surface area (Å²) in [6, 6.07) is 0. The number of rotatable bonds is 4. The summed E-state index contributed by atoms with van der Waals surface area (Å²) in [7, 11) is 0. The van der Waals surface area contributed by atoms with Gasteiger partial charge in [-0.25, -0.2) is 0 Å². The first kappa shape index (κ1) is 24.1. The molecule has 180 valence electrons. The Balaban J connectivity index is 1.78. The third-order valence-corrected chi connectivity index (χ3v) is 11.8. The zero-order valence-corrected chi connectivity index (χ0v) is 21.9. The number of hydrogen-bond donors (Lipinski definition) is 1. The molecule has 4 aliphatic rings. The van der Waals surface area contributed by atoms with Crippen LogP contribution >= 0.6 is 0 Å². The summed E-state index contributed by atoms with van der Waals surface area (Å²) < 4.78 is 0. The van der Waals surface area contributed by atoms with Crippen LogP contribution < -0.4 is 0 Å². The lowest BCUT2D eigenvalue weighted by molar-refractivity contribution is -0.149. The summed E-state index contributed by atoms with van der Waals surface area (Å²) in [5, 5.41) is 9.55. The van der Waals surface area contributed by atoms with Crippen molar-refractivity contribution in [2.75, 3.05) is 0 Å². The first-order valence-corrected chi connectivity index (χ1v) is 13.3. The van der Waals surface area contributed by atoms with Crippen molar-refractivity contribution in [2.24, 2.45) is 44.8 Å². The highest BCUT2D eigenvalue weighted by Gasteiger charge is 2.65. The first-order chi connectivity index (χ1) is 14.7. The van der Waals surface area contributed by atoms with Crippen molar-refractivity contribution in [2.45, 2.75) is 113 Å². The van der Waals surface area contributed by atoms with Crippen molar-refractivity contribution < 1.29 is 9.90 Å². The van der Waals surface area contributed by atoms with E-state index in [2.05, 4.69) is 61.1 Å². The predicted molar refractivity (Wildman–Crippen MR) is 133 cm³/mol. The van der Waals surface area contributed by atoms with Crippen molar-refractivity contribution in [1.82, 2.24) is 0 Å². The van der Waals surface area contributed by atoms with E-state index in [-0.39, 0.29) is 22.7 Å². The van der Waals surface area contributed by atoms with Gasteiger partial charge in [-0.2, -0.15) is 0 Å². The molecule has 0 bridgehead atoms. The van der Waals surface area contributed by atoms with E-state index in [4.69, 9.17) is 0 Å². The molecule has 0 aromatic carbocycles. The Labute approximate surface area is 197 Å². The summed E-state index contributed by atoms with van der Waals surface area (Å²) in [5.41, 5.74) is 4.42. The van der Waals surface area contributed by atoms with Gasteiger partial charge in [-0.1, -0.05) is 65.3 Å². The molecule has 1 N–H and O–H groups in total. The van der Waals surface area contributed by atoms with Crippen molar-refractivity contribution in [3.8, 4) is 0 Å². The molecule has 0 radical (unpaired) electrons. The van der Waals surface area contributed by atoms with E-state index in [0.29, 0.717) is 28.6 Å². The summed E-state index contributed by atoms with van der Waals surface area (Å²) >= 11 is 0. The van der Waals surface area contributed by atoms with E-state index >= 15 is 0 Å². The predicted octanol–water partition coefficient (Wildman–Crippen LogP) is 8.43. The molecule has 4 aliphatic carbocycles. The number of fused-ring (bicyclic) bond motifs is 5. The van der Waals surface area contributed by atoms with Crippen molar-refractivity contribution in [3.63, 3.8) is 0 Å². The lowest BCUT2D eigenvalue weighted by Gasteiger charge is -2.69. The van der Waals surface area contributed by atoms with Crippen LogP contribution in [0.4, 0.5) is 0 Å². The molecule has 3 fully saturated rings. The van der Waals surface area contributed by atoms with Gasteiger partial charge in [0.2, 0.25) is 0 Å². The summed E-state index contributed by atoms with van der Waals surface area (Å²) in [4.78, 5) is 11.6. The standard InChI is InChI=1S/C30H48O2/c1-20(2)21-11-14-30(8)24(28(21,6)13-12-25(31)32)10-9-22-23-19-26(3,4)15-16-27(23,5)17-18-29(22,30)7/h9,21,23-24H,1,10-19H2,2-8H3,(H,31,32)/t21-,23-,24+,27+,28-,29+,30+/m0/s1. The molecule has 0 saturated heterocycles. The maximum atomic E-state index is 11.6. The molecule has 2 heteroatoms. The van der Waals surface area contributed by atoms with Crippen LogP contribution in [0.2, 0.25) is 0 Å².